The van der Waals surface area contributed by atoms with Crippen LogP contribution < -0.4 is 14.4 Å². The number of para-hydroxylation sites is 1. The molecule has 0 aliphatic carbocycles. The van der Waals surface area contributed by atoms with E-state index in [2.05, 4.69) is 5.32 Å². The summed E-state index contributed by atoms with van der Waals surface area (Å²) in [7, 11) is -1.91. The molecule has 0 aliphatic heterocycles. The molecule has 1 amide bonds. The first-order valence-electron chi connectivity index (χ1n) is 8.85. The van der Waals surface area contributed by atoms with Gasteiger partial charge in [-0.15, -0.1) is 0 Å². The predicted molar refractivity (Wildman–Crippen MR) is 112 cm³/mol. The molecule has 2 aromatic rings. The van der Waals surface area contributed by atoms with E-state index in [4.69, 9.17) is 16.3 Å². The number of nitrogens with one attached hydrogen (secondary N) is 1. The SMILES string of the molecule is COc1ccccc1CNC(=O)CCCN(c1cc(Cl)ccc1C)S(C)(=O)=O. The van der Waals surface area contributed by atoms with E-state index >= 15 is 0 Å². The van der Waals surface area contributed by atoms with Crippen molar-refractivity contribution in [3.63, 3.8) is 0 Å². The maximum Gasteiger partial charge on any atom is 0.232 e. The fourth-order valence-electron chi connectivity index (χ4n) is 2.83. The molecule has 0 aromatic heterocycles. The molecule has 0 aliphatic rings. The predicted octanol–water partition coefficient (Wildman–Crippen LogP) is 3.52. The lowest BCUT2D eigenvalue weighted by Gasteiger charge is -2.24. The van der Waals surface area contributed by atoms with Gasteiger partial charge in [0, 0.05) is 30.1 Å². The van der Waals surface area contributed by atoms with E-state index in [0.717, 1.165) is 17.4 Å². The van der Waals surface area contributed by atoms with E-state index in [-0.39, 0.29) is 18.9 Å². The fourth-order valence-corrected chi connectivity index (χ4v) is 4.01. The Labute approximate surface area is 171 Å². The van der Waals surface area contributed by atoms with E-state index < -0.39 is 10.0 Å². The van der Waals surface area contributed by atoms with Gasteiger partial charge in [-0.25, -0.2) is 8.42 Å². The van der Waals surface area contributed by atoms with Crippen molar-refractivity contribution >= 4 is 33.2 Å². The first kappa shape index (κ1) is 22.0. The summed E-state index contributed by atoms with van der Waals surface area (Å²) >= 11 is 6.02. The molecule has 0 heterocycles. The van der Waals surface area contributed by atoms with Crippen molar-refractivity contribution in [2.45, 2.75) is 26.3 Å². The average Bonchev–Trinajstić information content (AvgIpc) is 2.65. The van der Waals surface area contributed by atoms with Crippen LogP contribution in [0.4, 0.5) is 5.69 Å². The molecule has 0 spiro atoms. The molecule has 0 saturated heterocycles. The van der Waals surface area contributed by atoms with Crippen LogP contribution in [-0.2, 0) is 21.4 Å². The Kier molecular flexibility index (Phi) is 7.71. The summed E-state index contributed by atoms with van der Waals surface area (Å²) in [4.78, 5) is 12.2. The largest absolute Gasteiger partial charge is 0.496 e. The van der Waals surface area contributed by atoms with Crippen LogP contribution in [0.3, 0.4) is 0 Å². The highest BCUT2D eigenvalue weighted by Crippen LogP contribution is 2.26. The van der Waals surface area contributed by atoms with Gasteiger partial charge in [0.2, 0.25) is 15.9 Å². The molecule has 0 unspecified atom stereocenters. The maximum atomic E-state index is 12.2. The molecule has 6 nitrogen and oxygen atoms in total. The number of halogens is 1. The zero-order chi connectivity index (χ0) is 20.7. The number of rotatable bonds is 9. The first-order chi connectivity index (χ1) is 13.2. The molecule has 0 radical (unpaired) electrons. The highest BCUT2D eigenvalue weighted by Gasteiger charge is 2.19. The summed E-state index contributed by atoms with van der Waals surface area (Å²) in [5, 5.41) is 3.30. The van der Waals surface area contributed by atoms with Gasteiger partial charge in [-0.3, -0.25) is 9.10 Å². The fraction of sp³-hybridized carbons (Fsp3) is 0.350. The second-order valence-electron chi connectivity index (χ2n) is 6.46. The van der Waals surface area contributed by atoms with Crippen molar-refractivity contribution in [3.05, 3.63) is 58.6 Å². The standard InChI is InChI=1S/C20H25ClN2O4S/c1-15-10-11-17(21)13-18(15)23(28(3,25)26)12-6-9-20(24)22-14-16-7-4-5-8-19(16)27-2/h4-5,7-8,10-11,13H,6,9,12,14H2,1-3H3,(H,22,24). The topological polar surface area (TPSA) is 75.7 Å². The van der Waals surface area contributed by atoms with Crippen LogP contribution in [0.25, 0.3) is 0 Å². The number of hydrogen-bond acceptors (Lipinski definition) is 4. The number of hydrogen-bond donors (Lipinski definition) is 1. The number of ether oxygens (including phenoxy) is 1. The molecule has 2 aromatic carbocycles. The number of aryl methyl sites for hydroxylation is 1. The Hall–Kier alpha value is -2.25. The normalized spacial score (nSPS) is 11.1. The minimum Gasteiger partial charge on any atom is -0.496 e. The van der Waals surface area contributed by atoms with Gasteiger partial charge in [-0.1, -0.05) is 35.9 Å². The van der Waals surface area contributed by atoms with E-state index in [1.807, 2.05) is 31.2 Å². The van der Waals surface area contributed by atoms with Crippen LogP contribution in [0.15, 0.2) is 42.5 Å². The van der Waals surface area contributed by atoms with Crippen LogP contribution in [0.2, 0.25) is 5.02 Å². The zero-order valence-corrected chi connectivity index (χ0v) is 17.8. The molecule has 2 rings (SSSR count). The van der Waals surface area contributed by atoms with E-state index in [1.165, 1.54) is 4.31 Å². The van der Waals surface area contributed by atoms with Crippen molar-refractivity contribution in [1.82, 2.24) is 5.32 Å². The maximum absolute atomic E-state index is 12.2. The summed E-state index contributed by atoms with van der Waals surface area (Å²) in [5.41, 5.74) is 2.21. The average molecular weight is 425 g/mol. The van der Waals surface area contributed by atoms with Crippen molar-refractivity contribution in [3.8, 4) is 5.75 Å². The van der Waals surface area contributed by atoms with E-state index in [0.29, 0.717) is 29.4 Å². The van der Waals surface area contributed by atoms with Gasteiger partial charge in [0.15, 0.2) is 0 Å². The van der Waals surface area contributed by atoms with Gasteiger partial charge in [0.05, 0.1) is 19.1 Å². The Morgan fingerprint density at radius 2 is 1.93 bits per heavy atom. The Morgan fingerprint density at radius 3 is 2.61 bits per heavy atom. The second-order valence-corrected chi connectivity index (χ2v) is 8.80. The monoisotopic (exact) mass is 424 g/mol. The second kappa shape index (κ2) is 9.80. The smallest absolute Gasteiger partial charge is 0.232 e. The summed E-state index contributed by atoms with van der Waals surface area (Å²) in [6.07, 6.45) is 1.74. The lowest BCUT2D eigenvalue weighted by Crippen LogP contribution is -2.32. The number of nitrogens with zero attached hydrogens (tertiary/aromatic N) is 1. The highest BCUT2D eigenvalue weighted by molar-refractivity contribution is 7.92. The summed E-state index contributed by atoms with van der Waals surface area (Å²) in [5.74, 6) is 0.560. The molecule has 0 fully saturated rings. The van der Waals surface area contributed by atoms with Gasteiger partial charge in [0.1, 0.15) is 5.75 Å². The van der Waals surface area contributed by atoms with Crippen LogP contribution in [-0.4, -0.2) is 34.2 Å². The molecular weight excluding hydrogens is 400 g/mol. The van der Waals surface area contributed by atoms with Crippen LogP contribution in [0.1, 0.15) is 24.0 Å². The third-order valence-corrected chi connectivity index (χ3v) is 5.69. The first-order valence-corrected chi connectivity index (χ1v) is 11.1. The third-order valence-electron chi connectivity index (χ3n) is 4.27. The van der Waals surface area contributed by atoms with Crippen LogP contribution in [0, 0.1) is 6.92 Å². The molecular formula is C20H25ClN2O4S. The van der Waals surface area contributed by atoms with Crippen LogP contribution >= 0.6 is 11.6 Å². The van der Waals surface area contributed by atoms with E-state index in [1.54, 1.807) is 25.3 Å². The number of anilines is 1. The van der Waals surface area contributed by atoms with Crippen molar-refractivity contribution < 1.29 is 17.9 Å². The summed E-state index contributed by atoms with van der Waals surface area (Å²) in [6.45, 7) is 2.37. The lowest BCUT2D eigenvalue weighted by molar-refractivity contribution is -0.121. The van der Waals surface area contributed by atoms with Gasteiger partial charge < -0.3 is 10.1 Å². The molecule has 8 heteroatoms. The van der Waals surface area contributed by atoms with Gasteiger partial charge in [0.25, 0.3) is 0 Å². The minimum absolute atomic E-state index is 0.151. The lowest BCUT2D eigenvalue weighted by atomic mass is 10.2. The summed E-state index contributed by atoms with van der Waals surface area (Å²) in [6, 6.07) is 12.6. The molecule has 1 N–H and O–H groups in total. The summed E-state index contributed by atoms with van der Waals surface area (Å²) < 4.78 is 31.0. The molecule has 152 valence electrons. The number of carbonyl (C=O) groups excluding carboxylic acids is 1. The van der Waals surface area contributed by atoms with Gasteiger partial charge >= 0.3 is 0 Å². The highest BCUT2D eigenvalue weighted by atomic mass is 35.5. The number of benzene rings is 2. The number of carbonyl (C=O) groups is 1. The quantitative estimate of drug-likeness (QED) is 0.668. The van der Waals surface area contributed by atoms with Crippen molar-refractivity contribution in [1.29, 1.82) is 0 Å². The van der Waals surface area contributed by atoms with Gasteiger partial charge in [-0.05, 0) is 37.1 Å². The minimum atomic E-state index is -3.49. The molecule has 0 atom stereocenters. The van der Waals surface area contributed by atoms with Gasteiger partial charge in [-0.2, -0.15) is 0 Å². The Morgan fingerprint density at radius 1 is 1.21 bits per heavy atom. The Balaban J connectivity index is 1.95. The third kappa shape index (κ3) is 6.14. The number of methoxy groups -OCH3 is 1. The molecule has 28 heavy (non-hydrogen) atoms. The number of amides is 1. The Bertz CT molecular complexity index is 932. The number of sulfonamides is 1. The van der Waals surface area contributed by atoms with Crippen LogP contribution in [0.5, 0.6) is 5.75 Å². The zero-order valence-electron chi connectivity index (χ0n) is 16.2. The van der Waals surface area contributed by atoms with E-state index in [9.17, 15) is 13.2 Å². The van der Waals surface area contributed by atoms with Crippen molar-refractivity contribution in [2.75, 3.05) is 24.2 Å². The molecule has 0 saturated carbocycles. The van der Waals surface area contributed by atoms with Crippen molar-refractivity contribution in [2.24, 2.45) is 0 Å². The molecule has 0 bridgehead atoms.